The van der Waals surface area contributed by atoms with Crippen LogP contribution < -0.4 is 5.32 Å². The second-order valence-corrected chi connectivity index (χ2v) is 6.69. The molecule has 0 radical (unpaired) electrons. The summed E-state index contributed by atoms with van der Waals surface area (Å²) in [6.45, 7) is 2.87. The SMILES string of the molecule is CC(=O)N[C@@H]1CCN(C(=O)c2ccc(-c3ccc(CCO)cc3)cc2)C1. The molecule has 3 rings (SSSR count). The zero-order valence-corrected chi connectivity index (χ0v) is 14.9. The number of aliphatic hydroxyl groups excluding tert-OH is 1. The molecule has 1 atom stereocenters. The first-order chi connectivity index (χ1) is 12.6. The van der Waals surface area contributed by atoms with Gasteiger partial charge in [-0.1, -0.05) is 36.4 Å². The van der Waals surface area contributed by atoms with Crippen molar-refractivity contribution in [2.24, 2.45) is 0 Å². The van der Waals surface area contributed by atoms with E-state index in [4.69, 9.17) is 5.11 Å². The van der Waals surface area contributed by atoms with E-state index in [-0.39, 0.29) is 24.5 Å². The van der Waals surface area contributed by atoms with Gasteiger partial charge in [0, 0.05) is 38.2 Å². The number of nitrogens with one attached hydrogen (secondary N) is 1. The number of likely N-dealkylation sites (tertiary alicyclic amines) is 1. The summed E-state index contributed by atoms with van der Waals surface area (Å²) in [6.07, 6.45) is 1.45. The summed E-state index contributed by atoms with van der Waals surface area (Å²) < 4.78 is 0. The molecule has 2 N–H and O–H groups in total. The molecule has 2 amide bonds. The Kier molecular flexibility index (Phi) is 5.68. The van der Waals surface area contributed by atoms with Crippen LogP contribution in [0.2, 0.25) is 0 Å². The van der Waals surface area contributed by atoms with Gasteiger partial charge in [0.25, 0.3) is 5.91 Å². The first kappa shape index (κ1) is 18.1. The third-order valence-corrected chi connectivity index (χ3v) is 4.70. The summed E-state index contributed by atoms with van der Waals surface area (Å²) in [4.78, 5) is 25.6. The van der Waals surface area contributed by atoms with Crippen molar-refractivity contribution in [3.8, 4) is 11.1 Å². The van der Waals surface area contributed by atoms with E-state index in [9.17, 15) is 9.59 Å². The highest BCUT2D eigenvalue weighted by molar-refractivity contribution is 5.95. The minimum Gasteiger partial charge on any atom is -0.396 e. The Morgan fingerprint density at radius 3 is 2.27 bits per heavy atom. The fraction of sp³-hybridized carbons (Fsp3) is 0.333. The number of nitrogens with zero attached hydrogens (tertiary/aromatic N) is 1. The van der Waals surface area contributed by atoms with Gasteiger partial charge in [0.2, 0.25) is 5.91 Å². The van der Waals surface area contributed by atoms with E-state index in [1.54, 1.807) is 4.90 Å². The third-order valence-electron chi connectivity index (χ3n) is 4.70. The van der Waals surface area contributed by atoms with Crippen LogP contribution in [0.3, 0.4) is 0 Å². The molecular weight excluding hydrogens is 328 g/mol. The van der Waals surface area contributed by atoms with E-state index in [2.05, 4.69) is 5.32 Å². The molecule has 1 saturated heterocycles. The maximum absolute atomic E-state index is 12.6. The normalized spacial score (nSPS) is 16.5. The van der Waals surface area contributed by atoms with Crippen molar-refractivity contribution < 1.29 is 14.7 Å². The van der Waals surface area contributed by atoms with Gasteiger partial charge in [-0.05, 0) is 41.7 Å². The van der Waals surface area contributed by atoms with Crippen molar-refractivity contribution in [1.82, 2.24) is 10.2 Å². The Hall–Kier alpha value is -2.66. The van der Waals surface area contributed by atoms with Crippen molar-refractivity contribution in [1.29, 1.82) is 0 Å². The molecule has 2 aromatic rings. The lowest BCUT2D eigenvalue weighted by Crippen LogP contribution is -2.37. The molecular formula is C21H24N2O3. The molecule has 1 fully saturated rings. The number of hydrogen-bond donors (Lipinski definition) is 2. The number of benzene rings is 2. The van der Waals surface area contributed by atoms with Crippen molar-refractivity contribution in [3.05, 3.63) is 59.7 Å². The Bertz CT molecular complexity index is 769. The summed E-state index contributed by atoms with van der Waals surface area (Å²) in [5.41, 5.74) is 3.90. The van der Waals surface area contributed by atoms with Crippen LogP contribution in [-0.4, -0.2) is 47.6 Å². The van der Waals surface area contributed by atoms with E-state index >= 15 is 0 Å². The molecule has 136 valence electrons. The minimum atomic E-state index is -0.0568. The Morgan fingerprint density at radius 2 is 1.69 bits per heavy atom. The van der Waals surface area contributed by atoms with Crippen LogP contribution in [0.5, 0.6) is 0 Å². The average Bonchev–Trinajstić information content (AvgIpc) is 3.10. The Labute approximate surface area is 153 Å². The van der Waals surface area contributed by atoms with Crippen LogP contribution in [0.25, 0.3) is 11.1 Å². The van der Waals surface area contributed by atoms with Gasteiger partial charge in [-0.2, -0.15) is 0 Å². The second kappa shape index (κ2) is 8.15. The summed E-state index contributed by atoms with van der Waals surface area (Å²) in [5.74, 6) is -0.0543. The molecule has 0 spiro atoms. The summed E-state index contributed by atoms with van der Waals surface area (Å²) in [7, 11) is 0. The molecule has 26 heavy (non-hydrogen) atoms. The number of carbonyl (C=O) groups excluding carboxylic acids is 2. The summed E-state index contributed by atoms with van der Waals surface area (Å²) in [6, 6.07) is 15.7. The highest BCUT2D eigenvalue weighted by Gasteiger charge is 2.27. The fourth-order valence-corrected chi connectivity index (χ4v) is 3.33. The standard InChI is InChI=1S/C21H24N2O3/c1-15(25)22-20-10-12-23(14-20)21(26)19-8-6-18(7-9-19)17-4-2-16(3-5-17)11-13-24/h2-9,20,24H,10-14H2,1H3,(H,22,25)/t20-/m1/s1. The topological polar surface area (TPSA) is 69.6 Å². The molecule has 1 heterocycles. The van der Waals surface area contributed by atoms with E-state index in [1.165, 1.54) is 6.92 Å². The zero-order chi connectivity index (χ0) is 18.5. The second-order valence-electron chi connectivity index (χ2n) is 6.69. The van der Waals surface area contributed by atoms with E-state index in [0.29, 0.717) is 25.1 Å². The zero-order valence-electron chi connectivity index (χ0n) is 14.9. The summed E-state index contributed by atoms with van der Waals surface area (Å²) >= 11 is 0. The molecule has 5 nitrogen and oxygen atoms in total. The molecule has 0 bridgehead atoms. The lowest BCUT2D eigenvalue weighted by Gasteiger charge is -2.17. The Balaban J connectivity index is 1.65. The maximum atomic E-state index is 12.6. The number of carbonyl (C=O) groups is 2. The quantitative estimate of drug-likeness (QED) is 0.867. The van der Waals surface area contributed by atoms with Gasteiger partial charge in [-0.25, -0.2) is 0 Å². The van der Waals surface area contributed by atoms with Gasteiger partial charge < -0.3 is 15.3 Å². The van der Waals surface area contributed by atoms with Crippen LogP contribution >= 0.6 is 0 Å². The highest BCUT2D eigenvalue weighted by atomic mass is 16.3. The van der Waals surface area contributed by atoms with Crippen LogP contribution in [0.4, 0.5) is 0 Å². The summed E-state index contributed by atoms with van der Waals surface area (Å²) in [5, 5.41) is 11.9. The van der Waals surface area contributed by atoms with E-state index < -0.39 is 0 Å². The van der Waals surface area contributed by atoms with Crippen molar-refractivity contribution in [2.45, 2.75) is 25.8 Å². The number of aliphatic hydroxyl groups is 1. The lowest BCUT2D eigenvalue weighted by atomic mass is 10.0. The van der Waals surface area contributed by atoms with Crippen LogP contribution in [0.15, 0.2) is 48.5 Å². The third kappa shape index (κ3) is 4.29. The van der Waals surface area contributed by atoms with Gasteiger partial charge in [0.05, 0.1) is 0 Å². The molecule has 0 aromatic heterocycles. The van der Waals surface area contributed by atoms with E-state index in [0.717, 1.165) is 23.1 Å². The molecule has 0 saturated carbocycles. The number of hydrogen-bond acceptors (Lipinski definition) is 3. The smallest absolute Gasteiger partial charge is 0.253 e. The fourth-order valence-electron chi connectivity index (χ4n) is 3.33. The molecule has 0 unspecified atom stereocenters. The molecule has 1 aliphatic heterocycles. The van der Waals surface area contributed by atoms with Gasteiger partial charge >= 0.3 is 0 Å². The van der Waals surface area contributed by atoms with Crippen LogP contribution in [0.1, 0.15) is 29.3 Å². The molecule has 0 aliphatic carbocycles. The Morgan fingerprint density at radius 1 is 1.08 bits per heavy atom. The first-order valence-electron chi connectivity index (χ1n) is 8.93. The van der Waals surface area contributed by atoms with E-state index in [1.807, 2.05) is 48.5 Å². The van der Waals surface area contributed by atoms with Gasteiger partial charge in [-0.15, -0.1) is 0 Å². The first-order valence-corrected chi connectivity index (χ1v) is 8.93. The maximum Gasteiger partial charge on any atom is 0.253 e. The van der Waals surface area contributed by atoms with Crippen molar-refractivity contribution in [2.75, 3.05) is 19.7 Å². The van der Waals surface area contributed by atoms with Gasteiger partial charge in [0.1, 0.15) is 0 Å². The largest absolute Gasteiger partial charge is 0.396 e. The average molecular weight is 352 g/mol. The number of rotatable bonds is 5. The van der Waals surface area contributed by atoms with Gasteiger partial charge in [0.15, 0.2) is 0 Å². The highest BCUT2D eigenvalue weighted by Crippen LogP contribution is 2.22. The van der Waals surface area contributed by atoms with Crippen LogP contribution in [-0.2, 0) is 11.2 Å². The monoisotopic (exact) mass is 352 g/mol. The van der Waals surface area contributed by atoms with Crippen molar-refractivity contribution in [3.63, 3.8) is 0 Å². The molecule has 5 heteroatoms. The molecule has 1 aliphatic rings. The van der Waals surface area contributed by atoms with Crippen LogP contribution in [0, 0.1) is 0 Å². The minimum absolute atomic E-state index is 0.00250. The predicted molar refractivity (Wildman–Crippen MR) is 101 cm³/mol. The molecule has 2 aromatic carbocycles. The lowest BCUT2D eigenvalue weighted by molar-refractivity contribution is -0.119. The van der Waals surface area contributed by atoms with Crippen molar-refractivity contribution >= 4 is 11.8 Å². The number of amides is 2. The van der Waals surface area contributed by atoms with Gasteiger partial charge in [-0.3, -0.25) is 9.59 Å². The predicted octanol–water partition coefficient (Wildman–Crippen LogP) is 2.24.